The van der Waals surface area contributed by atoms with Crippen molar-refractivity contribution < 1.29 is 12.8 Å². The summed E-state index contributed by atoms with van der Waals surface area (Å²) in [5, 5.41) is 0.431. The van der Waals surface area contributed by atoms with Crippen molar-refractivity contribution in [3.63, 3.8) is 0 Å². The molecule has 0 saturated heterocycles. The summed E-state index contributed by atoms with van der Waals surface area (Å²) in [6.07, 6.45) is 0. The molecule has 0 fully saturated rings. The lowest BCUT2D eigenvalue weighted by Gasteiger charge is -2.09. The van der Waals surface area contributed by atoms with Crippen LogP contribution in [0.4, 0.5) is 5.69 Å². The van der Waals surface area contributed by atoms with E-state index < -0.39 is 10.0 Å². The van der Waals surface area contributed by atoms with Gasteiger partial charge in [0.05, 0.1) is 17.3 Å². The zero-order valence-electron chi connectivity index (χ0n) is 10.5. The maximum atomic E-state index is 12.1. The second-order valence-corrected chi connectivity index (χ2v) is 6.54. The lowest BCUT2D eigenvalue weighted by atomic mass is 10.2. The molecule has 0 aliphatic rings. The minimum Gasteiger partial charge on any atom is -0.446 e. The fourth-order valence-corrected chi connectivity index (χ4v) is 3.04. The molecule has 0 aliphatic heterocycles. The first kappa shape index (κ1) is 15.2. The van der Waals surface area contributed by atoms with Gasteiger partial charge in [-0.2, -0.15) is 8.42 Å². The van der Waals surface area contributed by atoms with Crippen LogP contribution in [0.25, 0.3) is 0 Å². The predicted molar refractivity (Wildman–Crippen MR) is 78.6 cm³/mol. The van der Waals surface area contributed by atoms with Gasteiger partial charge in [-0.25, -0.2) is 0 Å². The van der Waals surface area contributed by atoms with Gasteiger partial charge in [0.1, 0.15) is 5.76 Å². The third-order valence-corrected chi connectivity index (χ3v) is 4.55. The first-order chi connectivity index (χ1) is 9.33. The van der Waals surface area contributed by atoms with E-state index in [1.165, 1.54) is 18.2 Å². The maximum absolute atomic E-state index is 12.1. The highest BCUT2D eigenvalue weighted by Crippen LogP contribution is 2.30. The predicted octanol–water partition coefficient (Wildman–Crippen LogP) is 3.15. The Morgan fingerprint density at radius 2 is 1.95 bits per heavy atom. The third-order valence-electron chi connectivity index (χ3n) is 2.60. The number of hydrogen-bond donors (Lipinski definition) is 2. The summed E-state index contributed by atoms with van der Waals surface area (Å²) in [6, 6.07) is 5.85. The second kappa shape index (κ2) is 5.65. The number of anilines is 1. The van der Waals surface area contributed by atoms with Crippen LogP contribution >= 0.6 is 23.2 Å². The molecule has 0 bridgehead atoms. The lowest BCUT2D eigenvalue weighted by Crippen LogP contribution is -2.12. The van der Waals surface area contributed by atoms with Gasteiger partial charge in [0, 0.05) is 5.02 Å². The molecule has 3 N–H and O–H groups in total. The van der Waals surface area contributed by atoms with Crippen LogP contribution in [0.5, 0.6) is 0 Å². The largest absolute Gasteiger partial charge is 0.446 e. The Hall–Kier alpha value is -1.21. The molecule has 1 aromatic heterocycles. The molecule has 2 aromatic rings. The van der Waals surface area contributed by atoms with Gasteiger partial charge < -0.3 is 10.2 Å². The topological polar surface area (TPSA) is 85.3 Å². The molecule has 0 atom stereocenters. The summed E-state index contributed by atoms with van der Waals surface area (Å²) in [6.45, 7) is 1.89. The number of aryl methyl sites for hydroxylation is 1. The molecular formula is C12H12Cl2N2O3S. The second-order valence-electron chi connectivity index (χ2n) is 4.11. The fraction of sp³-hybridized carbons (Fsp3) is 0.167. The summed E-state index contributed by atoms with van der Waals surface area (Å²) in [5.74, 6) is 0.374. The summed E-state index contributed by atoms with van der Waals surface area (Å²) >= 11 is 11.9. The molecule has 8 heteroatoms. The quantitative estimate of drug-likeness (QED) is 0.899. The van der Waals surface area contributed by atoms with Crippen molar-refractivity contribution in [3.8, 4) is 0 Å². The molecular weight excluding hydrogens is 323 g/mol. The van der Waals surface area contributed by atoms with Crippen molar-refractivity contribution in [2.75, 3.05) is 4.72 Å². The number of benzene rings is 1. The maximum Gasteiger partial charge on any atom is 0.295 e. The number of rotatable bonds is 4. The van der Waals surface area contributed by atoms with Crippen LogP contribution in [0.2, 0.25) is 10.0 Å². The number of hydrogen-bond acceptors (Lipinski definition) is 4. The van der Waals surface area contributed by atoms with Gasteiger partial charge in [-0.05, 0) is 36.8 Å². The van der Waals surface area contributed by atoms with Crippen LogP contribution < -0.4 is 10.5 Å². The molecule has 0 unspecified atom stereocenters. The fourth-order valence-electron chi connectivity index (χ4n) is 1.53. The Morgan fingerprint density at radius 3 is 2.55 bits per heavy atom. The van der Waals surface area contributed by atoms with Crippen LogP contribution in [0.1, 0.15) is 11.3 Å². The Bertz CT molecular complexity index is 741. The van der Waals surface area contributed by atoms with E-state index in [0.29, 0.717) is 10.8 Å². The van der Waals surface area contributed by atoms with Crippen molar-refractivity contribution in [1.82, 2.24) is 0 Å². The molecule has 5 nitrogen and oxygen atoms in total. The standard InChI is InChI=1S/C12H12Cl2N2O3S/c1-7-4-10(14)11(5-9(7)13)16-20(17,18)12-3-2-8(6-15)19-12/h2-5,16H,6,15H2,1H3. The Kier molecular flexibility index (Phi) is 4.29. The average molecular weight is 335 g/mol. The third kappa shape index (κ3) is 3.09. The minimum atomic E-state index is -3.87. The molecule has 1 aromatic carbocycles. The Labute approximate surface area is 126 Å². The molecule has 0 spiro atoms. The zero-order chi connectivity index (χ0) is 14.9. The van der Waals surface area contributed by atoms with Gasteiger partial charge >= 0.3 is 0 Å². The number of halogens is 2. The molecule has 0 saturated carbocycles. The minimum absolute atomic E-state index is 0.118. The Morgan fingerprint density at radius 1 is 1.25 bits per heavy atom. The Balaban J connectivity index is 2.35. The molecule has 0 amide bonds. The van der Waals surface area contributed by atoms with E-state index in [0.717, 1.165) is 5.56 Å². The first-order valence-corrected chi connectivity index (χ1v) is 7.84. The summed E-state index contributed by atoms with van der Waals surface area (Å²) in [7, 11) is -3.87. The van der Waals surface area contributed by atoms with Gasteiger partial charge in [-0.1, -0.05) is 23.2 Å². The van der Waals surface area contributed by atoms with Gasteiger partial charge in [-0.3, -0.25) is 4.72 Å². The number of nitrogens with two attached hydrogens (primary N) is 1. The summed E-state index contributed by atoms with van der Waals surface area (Å²) in [4.78, 5) is 0. The average Bonchev–Trinajstić information content (AvgIpc) is 2.85. The van der Waals surface area contributed by atoms with Gasteiger partial charge in [0.15, 0.2) is 0 Å². The van der Waals surface area contributed by atoms with Crippen molar-refractivity contribution in [1.29, 1.82) is 0 Å². The van der Waals surface area contributed by atoms with E-state index in [2.05, 4.69) is 4.72 Å². The monoisotopic (exact) mass is 334 g/mol. The SMILES string of the molecule is Cc1cc(Cl)c(NS(=O)(=O)c2ccc(CN)o2)cc1Cl. The van der Waals surface area contributed by atoms with E-state index in [4.69, 9.17) is 33.4 Å². The molecule has 1 heterocycles. The van der Waals surface area contributed by atoms with Gasteiger partial charge in [-0.15, -0.1) is 0 Å². The number of sulfonamides is 1. The lowest BCUT2D eigenvalue weighted by molar-refractivity contribution is 0.417. The summed E-state index contributed by atoms with van der Waals surface area (Å²) < 4.78 is 31.7. The van der Waals surface area contributed by atoms with Crippen molar-refractivity contribution >= 4 is 38.9 Å². The first-order valence-electron chi connectivity index (χ1n) is 5.60. The van der Waals surface area contributed by atoms with E-state index in [1.54, 1.807) is 13.0 Å². The number of nitrogens with one attached hydrogen (secondary N) is 1. The van der Waals surface area contributed by atoms with Crippen LogP contribution in [0.3, 0.4) is 0 Å². The van der Waals surface area contributed by atoms with Gasteiger partial charge in [0.2, 0.25) is 5.09 Å². The van der Waals surface area contributed by atoms with Gasteiger partial charge in [0.25, 0.3) is 10.0 Å². The highest BCUT2D eigenvalue weighted by atomic mass is 35.5. The molecule has 0 radical (unpaired) electrons. The van der Waals surface area contributed by atoms with E-state index in [-0.39, 0.29) is 22.3 Å². The highest BCUT2D eigenvalue weighted by Gasteiger charge is 2.20. The van der Waals surface area contributed by atoms with E-state index >= 15 is 0 Å². The smallest absolute Gasteiger partial charge is 0.295 e. The molecule has 0 aliphatic carbocycles. The number of furan rings is 1. The zero-order valence-corrected chi connectivity index (χ0v) is 12.8. The van der Waals surface area contributed by atoms with E-state index in [1.807, 2.05) is 0 Å². The van der Waals surface area contributed by atoms with E-state index in [9.17, 15) is 8.42 Å². The van der Waals surface area contributed by atoms with Crippen LogP contribution in [0.15, 0.2) is 33.8 Å². The summed E-state index contributed by atoms with van der Waals surface area (Å²) in [5.41, 5.74) is 6.31. The highest BCUT2D eigenvalue weighted by molar-refractivity contribution is 7.92. The van der Waals surface area contributed by atoms with Crippen molar-refractivity contribution in [3.05, 3.63) is 45.6 Å². The van der Waals surface area contributed by atoms with Crippen molar-refractivity contribution in [2.24, 2.45) is 5.73 Å². The molecule has 108 valence electrons. The molecule has 20 heavy (non-hydrogen) atoms. The normalized spacial score (nSPS) is 11.6. The van der Waals surface area contributed by atoms with Crippen molar-refractivity contribution in [2.45, 2.75) is 18.6 Å². The molecule has 2 rings (SSSR count). The van der Waals surface area contributed by atoms with Crippen LogP contribution in [0, 0.1) is 6.92 Å². The van der Waals surface area contributed by atoms with Crippen LogP contribution in [-0.2, 0) is 16.6 Å². The van der Waals surface area contributed by atoms with Crippen LogP contribution in [-0.4, -0.2) is 8.42 Å².